The van der Waals surface area contributed by atoms with Crippen LogP contribution < -0.4 is 5.32 Å². The Bertz CT molecular complexity index is 1210. The fourth-order valence-corrected chi connectivity index (χ4v) is 5.74. The maximum Gasteiger partial charge on any atom is 0.255 e. The molecule has 0 radical (unpaired) electrons. The van der Waals surface area contributed by atoms with E-state index >= 15 is 0 Å². The number of carbonyl (C=O) groups is 2. The fourth-order valence-electron chi connectivity index (χ4n) is 4.52. The molecular weight excluding hydrogens is 450 g/mol. The first-order valence-corrected chi connectivity index (χ1v) is 13.0. The van der Waals surface area contributed by atoms with Crippen molar-refractivity contribution in [1.82, 2.24) is 9.21 Å². The number of hydrogen-bond donors (Lipinski definition) is 1. The van der Waals surface area contributed by atoms with Gasteiger partial charge in [0.1, 0.15) is 0 Å². The van der Waals surface area contributed by atoms with E-state index < -0.39 is 15.9 Å². The van der Waals surface area contributed by atoms with E-state index in [4.69, 9.17) is 0 Å². The van der Waals surface area contributed by atoms with Crippen LogP contribution in [0.15, 0.2) is 35.2 Å². The minimum absolute atomic E-state index is 0.0422. The molecule has 2 unspecified atom stereocenters. The van der Waals surface area contributed by atoms with Gasteiger partial charge >= 0.3 is 0 Å². The lowest BCUT2D eigenvalue weighted by molar-refractivity contribution is 0.0623. The van der Waals surface area contributed by atoms with Crippen molar-refractivity contribution in [2.45, 2.75) is 45.9 Å². The molecule has 1 aliphatic heterocycles. The Balaban J connectivity index is 1.90. The summed E-state index contributed by atoms with van der Waals surface area (Å²) in [6, 6.07) is 8.41. The minimum Gasteiger partial charge on any atom is -0.338 e. The molecule has 1 heterocycles. The Hall–Kier alpha value is -2.71. The number of hydrogen-bond acceptors (Lipinski definition) is 4. The fraction of sp³-hybridized carbons (Fsp3) is 0.462. The summed E-state index contributed by atoms with van der Waals surface area (Å²) in [5.41, 5.74) is 3.44. The van der Waals surface area contributed by atoms with E-state index in [-0.39, 0.29) is 16.4 Å². The molecule has 0 aromatic heterocycles. The molecule has 2 amide bonds. The van der Waals surface area contributed by atoms with Crippen LogP contribution in [-0.2, 0) is 10.0 Å². The summed E-state index contributed by atoms with van der Waals surface area (Å²) >= 11 is 0. The molecule has 0 bridgehead atoms. The minimum atomic E-state index is -3.70. The SMILES string of the molecule is Cc1ccc(C(=O)N2CC(C)CC(C)C2)cc1NC(=O)c1cc(C)c(C)c(S(=O)(=O)N(C)C)c1. The number of anilines is 1. The first-order chi connectivity index (χ1) is 15.8. The van der Waals surface area contributed by atoms with Crippen LogP contribution in [0, 0.1) is 32.6 Å². The van der Waals surface area contributed by atoms with Gasteiger partial charge in [0.25, 0.3) is 11.8 Å². The first-order valence-electron chi connectivity index (χ1n) is 11.6. The normalized spacial score (nSPS) is 18.8. The maximum absolute atomic E-state index is 13.2. The third-order valence-electron chi connectivity index (χ3n) is 6.53. The number of nitrogens with one attached hydrogen (secondary N) is 1. The third kappa shape index (κ3) is 5.33. The smallest absolute Gasteiger partial charge is 0.255 e. The predicted octanol–water partition coefficient (Wildman–Crippen LogP) is 4.23. The van der Waals surface area contributed by atoms with E-state index in [1.165, 1.54) is 20.2 Å². The summed E-state index contributed by atoms with van der Waals surface area (Å²) in [6.07, 6.45) is 1.11. The van der Waals surface area contributed by atoms with Gasteiger partial charge in [0.05, 0.1) is 4.90 Å². The van der Waals surface area contributed by atoms with Gasteiger partial charge in [-0.2, -0.15) is 0 Å². The molecule has 1 saturated heterocycles. The first kappa shape index (κ1) is 25.9. The van der Waals surface area contributed by atoms with Crippen LogP contribution in [0.1, 0.15) is 57.7 Å². The Morgan fingerprint density at radius 1 is 0.941 bits per heavy atom. The second-order valence-corrected chi connectivity index (χ2v) is 12.0. The van der Waals surface area contributed by atoms with Crippen LogP contribution in [0.4, 0.5) is 5.69 Å². The zero-order valence-electron chi connectivity index (χ0n) is 21.1. The number of benzene rings is 2. The van der Waals surface area contributed by atoms with Gasteiger partial charge < -0.3 is 10.2 Å². The molecular formula is C26H35N3O4S. The number of amides is 2. The van der Waals surface area contributed by atoms with Gasteiger partial charge in [-0.3, -0.25) is 9.59 Å². The third-order valence-corrected chi connectivity index (χ3v) is 8.47. The predicted molar refractivity (Wildman–Crippen MR) is 135 cm³/mol. The quantitative estimate of drug-likeness (QED) is 0.687. The maximum atomic E-state index is 13.2. The molecule has 34 heavy (non-hydrogen) atoms. The average Bonchev–Trinajstić information content (AvgIpc) is 2.75. The molecule has 2 aromatic carbocycles. The number of nitrogens with zero attached hydrogens (tertiary/aromatic N) is 2. The zero-order chi connectivity index (χ0) is 25.4. The van der Waals surface area contributed by atoms with Crippen LogP contribution >= 0.6 is 0 Å². The van der Waals surface area contributed by atoms with Gasteiger partial charge in [-0.1, -0.05) is 19.9 Å². The summed E-state index contributed by atoms with van der Waals surface area (Å²) in [6.45, 7) is 11.1. The Morgan fingerprint density at radius 3 is 2.15 bits per heavy atom. The lowest BCUT2D eigenvalue weighted by Crippen LogP contribution is -2.42. The summed E-state index contributed by atoms with van der Waals surface area (Å²) < 4.78 is 26.7. The molecule has 2 atom stereocenters. The van der Waals surface area contributed by atoms with E-state index in [0.717, 1.165) is 29.4 Å². The molecule has 1 fully saturated rings. The Kier molecular flexibility index (Phi) is 7.53. The van der Waals surface area contributed by atoms with Gasteiger partial charge in [0.15, 0.2) is 0 Å². The van der Waals surface area contributed by atoms with Crippen molar-refractivity contribution in [1.29, 1.82) is 0 Å². The van der Waals surface area contributed by atoms with Crippen molar-refractivity contribution >= 4 is 27.5 Å². The number of piperidine rings is 1. The van der Waals surface area contributed by atoms with Crippen LogP contribution in [0.2, 0.25) is 0 Å². The summed E-state index contributed by atoms with van der Waals surface area (Å²) in [5, 5.41) is 2.88. The van der Waals surface area contributed by atoms with Crippen LogP contribution in [-0.4, -0.2) is 56.6 Å². The number of likely N-dealkylation sites (tertiary alicyclic amines) is 1. The highest BCUT2D eigenvalue weighted by Gasteiger charge is 2.27. The van der Waals surface area contributed by atoms with E-state index in [1.54, 1.807) is 32.0 Å². The van der Waals surface area contributed by atoms with E-state index in [2.05, 4.69) is 19.2 Å². The monoisotopic (exact) mass is 485 g/mol. The van der Waals surface area contributed by atoms with Crippen LogP contribution in [0.5, 0.6) is 0 Å². The van der Waals surface area contributed by atoms with Gasteiger partial charge in [0.2, 0.25) is 10.0 Å². The molecule has 7 nitrogen and oxygen atoms in total. The largest absolute Gasteiger partial charge is 0.338 e. The lowest BCUT2D eigenvalue weighted by atomic mass is 9.91. The topological polar surface area (TPSA) is 86.8 Å². The Morgan fingerprint density at radius 2 is 1.56 bits per heavy atom. The second-order valence-electron chi connectivity index (χ2n) is 9.84. The van der Waals surface area contributed by atoms with Gasteiger partial charge in [-0.05, 0) is 80.0 Å². The zero-order valence-corrected chi connectivity index (χ0v) is 21.9. The molecule has 1 aliphatic rings. The van der Waals surface area contributed by atoms with Crippen LogP contribution in [0.3, 0.4) is 0 Å². The molecule has 0 spiro atoms. The van der Waals surface area contributed by atoms with Gasteiger partial charge in [0, 0.05) is 44.0 Å². The van der Waals surface area contributed by atoms with Crippen molar-refractivity contribution in [3.8, 4) is 0 Å². The average molecular weight is 486 g/mol. The summed E-state index contributed by atoms with van der Waals surface area (Å²) in [4.78, 5) is 28.3. The van der Waals surface area contributed by atoms with Crippen molar-refractivity contribution < 1.29 is 18.0 Å². The van der Waals surface area contributed by atoms with Gasteiger partial charge in [-0.15, -0.1) is 0 Å². The van der Waals surface area contributed by atoms with Crippen molar-refractivity contribution in [2.24, 2.45) is 11.8 Å². The van der Waals surface area contributed by atoms with Gasteiger partial charge in [-0.25, -0.2) is 12.7 Å². The molecule has 3 rings (SSSR count). The van der Waals surface area contributed by atoms with Crippen molar-refractivity contribution in [2.75, 3.05) is 32.5 Å². The van der Waals surface area contributed by atoms with E-state index in [0.29, 0.717) is 34.2 Å². The van der Waals surface area contributed by atoms with E-state index in [9.17, 15) is 18.0 Å². The standard InChI is InChI=1S/C26H35N3O4S/c1-16-10-17(2)15-29(14-16)26(31)21-9-8-18(3)23(12-21)27-25(30)22-11-19(4)20(5)24(13-22)34(32,33)28(6)7/h8-9,11-13,16-17H,10,14-15H2,1-7H3,(H,27,30). The molecule has 0 saturated carbocycles. The molecule has 1 N–H and O–H groups in total. The van der Waals surface area contributed by atoms with Crippen molar-refractivity contribution in [3.63, 3.8) is 0 Å². The highest BCUT2D eigenvalue weighted by molar-refractivity contribution is 7.89. The molecule has 184 valence electrons. The number of sulfonamides is 1. The summed E-state index contributed by atoms with van der Waals surface area (Å²) in [7, 11) is -0.774. The highest BCUT2D eigenvalue weighted by Crippen LogP contribution is 2.26. The molecule has 2 aromatic rings. The van der Waals surface area contributed by atoms with Crippen molar-refractivity contribution in [3.05, 3.63) is 58.1 Å². The van der Waals surface area contributed by atoms with Crippen LogP contribution in [0.25, 0.3) is 0 Å². The molecule has 0 aliphatic carbocycles. The second kappa shape index (κ2) is 9.88. The lowest BCUT2D eigenvalue weighted by Gasteiger charge is -2.35. The number of rotatable bonds is 5. The number of aryl methyl sites for hydroxylation is 2. The summed E-state index contributed by atoms with van der Waals surface area (Å²) in [5.74, 6) is 0.440. The van der Waals surface area contributed by atoms with E-state index in [1.807, 2.05) is 17.9 Å². The molecule has 8 heteroatoms. The highest BCUT2D eigenvalue weighted by atomic mass is 32.2. The number of carbonyl (C=O) groups excluding carboxylic acids is 2. The Labute approximate surface area is 203 Å².